The maximum Gasteiger partial charge on any atom is 0.347 e. The largest absolute Gasteiger partial charge is 0.463 e. The Bertz CT molecular complexity index is 371. The van der Waals surface area contributed by atoms with Crippen molar-refractivity contribution in [1.82, 2.24) is 0 Å². The molecule has 4 heteroatoms. The Labute approximate surface area is 86.8 Å². The summed E-state index contributed by atoms with van der Waals surface area (Å²) in [6, 6.07) is 8.57. The maximum atomic E-state index is 11.5. The summed E-state index contributed by atoms with van der Waals surface area (Å²) in [5.41, 5.74) is 0.442. The first-order valence-electron chi connectivity index (χ1n) is 4.70. The molecule has 78 valence electrons. The van der Waals surface area contributed by atoms with Gasteiger partial charge in [-0.1, -0.05) is 18.2 Å². The highest BCUT2D eigenvalue weighted by Crippen LogP contribution is 2.12. The number of rotatable bonds is 2. The van der Waals surface area contributed by atoms with Gasteiger partial charge in [-0.3, -0.25) is 0 Å². The van der Waals surface area contributed by atoms with Gasteiger partial charge in [0.15, 0.2) is 0 Å². The van der Waals surface area contributed by atoms with Crippen LogP contribution < -0.4 is 0 Å². The minimum atomic E-state index is -0.738. The van der Waals surface area contributed by atoms with E-state index >= 15 is 0 Å². The number of cyclic esters (lactones) is 1. The van der Waals surface area contributed by atoms with Gasteiger partial charge in [-0.2, -0.15) is 0 Å². The van der Waals surface area contributed by atoms with Crippen LogP contribution in [0.15, 0.2) is 30.3 Å². The molecule has 1 aromatic carbocycles. The minimum Gasteiger partial charge on any atom is -0.463 e. The van der Waals surface area contributed by atoms with E-state index < -0.39 is 18.0 Å². The normalized spacial score (nSPS) is 19.7. The number of carbonyl (C=O) groups excluding carboxylic acids is 2. The van der Waals surface area contributed by atoms with Crippen LogP contribution in [0.2, 0.25) is 0 Å². The number of esters is 2. The van der Waals surface area contributed by atoms with Crippen LogP contribution in [0.1, 0.15) is 16.8 Å². The molecule has 2 rings (SSSR count). The summed E-state index contributed by atoms with van der Waals surface area (Å²) >= 11 is 0. The van der Waals surface area contributed by atoms with Crippen LogP contribution in [0.4, 0.5) is 0 Å². The molecule has 0 aromatic heterocycles. The van der Waals surface area contributed by atoms with Crippen LogP contribution in [0.25, 0.3) is 0 Å². The Morgan fingerprint density at radius 1 is 1.33 bits per heavy atom. The van der Waals surface area contributed by atoms with E-state index in [1.165, 1.54) is 0 Å². The molecule has 0 radical (unpaired) electrons. The van der Waals surface area contributed by atoms with E-state index in [4.69, 9.17) is 4.74 Å². The monoisotopic (exact) mass is 206 g/mol. The fraction of sp³-hybridized carbons (Fsp3) is 0.273. The molecule has 0 saturated carbocycles. The van der Waals surface area contributed by atoms with Crippen molar-refractivity contribution < 1.29 is 19.1 Å². The average molecular weight is 206 g/mol. The Hall–Kier alpha value is -1.84. The highest BCUT2D eigenvalue weighted by Gasteiger charge is 2.30. The molecule has 0 amide bonds. The van der Waals surface area contributed by atoms with Crippen LogP contribution in [-0.4, -0.2) is 24.6 Å². The lowest BCUT2D eigenvalue weighted by atomic mass is 10.2. The van der Waals surface area contributed by atoms with Gasteiger partial charge < -0.3 is 9.47 Å². The molecule has 0 bridgehead atoms. The summed E-state index contributed by atoms with van der Waals surface area (Å²) in [6.45, 7) is 0.325. The molecule has 0 spiro atoms. The molecule has 1 heterocycles. The number of ether oxygens (including phenoxy) is 2. The quantitative estimate of drug-likeness (QED) is 0.681. The first kappa shape index (κ1) is 9.71. The summed E-state index contributed by atoms with van der Waals surface area (Å²) in [6.07, 6.45) is -0.296. The molecule has 1 saturated heterocycles. The zero-order chi connectivity index (χ0) is 10.7. The average Bonchev–Trinajstić information content (AvgIpc) is 2.66. The van der Waals surface area contributed by atoms with Crippen molar-refractivity contribution in [2.45, 2.75) is 12.5 Å². The molecular weight excluding hydrogens is 196 g/mol. The van der Waals surface area contributed by atoms with Gasteiger partial charge in [0, 0.05) is 6.42 Å². The van der Waals surface area contributed by atoms with Crippen LogP contribution in [0, 0.1) is 0 Å². The van der Waals surface area contributed by atoms with Crippen LogP contribution in [0.5, 0.6) is 0 Å². The second kappa shape index (κ2) is 4.13. The first-order valence-corrected chi connectivity index (χ1v) is 4.70. The van der Waals surface area contributed by atoms with Gasteiger partial charge in [0.2, 0.25) is 6.10 Å². The topological polar surface area (TPSA) is 52.6 Å². The third kappa shape index (κ3) is 2.15. The van der Waals surface area contributed by atoms with Crippen molar-refractivity contribution in [2.75, 3.05) is 6.61 Å². The standard InChI is InChI=1S/C11H10O4/c12-10(8-4-2-1-3-5-8)15-9-6-7-14-11(9)13/h1-5,9H,6-7H2. The molecule has 1 aliphatic heterocycles. The SMILES string of the molecule is O=C(OC1CCOC1=O)c1ccccc1. The Kier molecular flexibility index (Phi) is 2.67. The van der Waals surface area contributed by atoms with E-state index in [0.29, 0.717) is 18.6 Å². The lowest BCUT2D eigenvalue weighted by Crippen LogP contribution is -2.22. The van der Waals surface area contributed by atoms with Gasteiger partial charge in [0.05, 0.1) is 12.2 Å². The van der Waals surface area contributed by atoms with Gasteiger partial charge in [0.25, 0.3) is 0 Å². The van der Waals surface area contributed by atoms with E-state index in [9.17, 15) is 9.59 Å². The second-order valence-electron chi connectivity index (χ2n) is 3.22. The van der Waals surface area contributed by atoms with Gasteiger partial charge in [-0.15, -0.1) is 0 Å². The van der Waals surface area contributed by atoms with Crippen molar-refractivity contribution in [1.29, 1.82) is 0 Å². The molecule has 15 heavy (non-hydrogen) atoms. The highest BCUT2D eigenvalue weighted by molar-refractivity contribution is 5.91. The Morgan fingerprint density at radius 3 is 2.67 bits per heavy atom. The summed E-state index contributed by atoms with van der Waals surface area (Å²) in [7, 11) is 0. The zero-order valence-electron chi connectivity index (χ0n) is 8.01. The van der Waals surface area contributed by atoms with E-state index in [-0.39, 0.29) is 0 Å². The van der Waals surface area contributed by atoms with Gasteiger partial charge >= 0.3 is 11.9 Å². The number of benzene rings is 1. The maximum absolute atomic E-state index is 11.5. The van der Waals surface area contributed by atoms with Crippen molar-refractivity contribution in [3.63, 3.8) is 0 Å². The number of hydrogen-bond acceptors (Lipinski definition) is 4. The predicted octanol–water partition coefficient (Wildman–Crippen LogP) is 1.16. The third-order valence-electron chi connectivity index (χ3n) is 2.15. The van der Waals surface area contributed by atoms with Crippen LogP contribution in [0.3, 0.4) is 0 Å². The highest BCUT2D eigenvalue weighted by atomic mass is 16.6. The third-order valence-corrected chi connectivity index (χ3v) is 2.15. The summed E-state index contributed by atoms with van der Waals surface area (Å²) < 4.78 is 9.68. The second-order valence-corrected chi connectivity index (χ2v) is 3.22. The summed E-state index contributed by atoms with van der Waals surface area (Å²) in [4.78, 5) is 22.6. The molecule has 1 aromatic rings. The lowest BCUT2D eigenvalue weighted by molar-refractivity contribution is -0.145. The van der Waals surface area contributed by atoms with E-state index in [0.717, 1.165) is 0 Å². The van der Waals surface area contributed by atoms with Gasteiger partial charge in [0.1, 0.15) is 0 Å². The van der Waals surface area contributed by atoms with Crippen molar-refractivity contribution in [3.8, 4) is 0 Å². The fourth-order valence-electron chi connectivity index (χ4n) is 1.36. The van der Waals surface area contributed by atoms with Crippen molar-refractivity contribution >= 4 is 11.9 Å². The minimum absolute atomic E-state index is 0.325. The van der Waals surface area contributed by atoms with E-state index in [1.54, 1.807) is 30.3 Å². The van der Waals surface area contributed by atoms with E-state index in [2.05, 4.69) is 4.74 Å². The van der Waals surface area contributed by atoms with Gasteiger partial charge in [-0.25, -0.2) is 9.59 Å². The summed E-state index contributed by atoms with van der Waals surface area (Å²) in [5, 5.41) is 0. The van der Waals surface area contributed by atoms with Crippen LogP contribution in [-0.2, 0) is 14.3 Å². The molecular formula is C11H10O4. The molecule has 1 atom stereocenters. The van der Waals surface area contributed by atoms with Crippen molar-refractivity contribution in [2.24, 2.45) is 0 Å². The zero-order valence-corrected chi connectivity index (χ0v) is 8.01. The first-order chi connectivity index (χ1) is 7.27. The molecule has 1 unspecified atom stereocenters. The van der Waals surface area contributed by atoms with E-state index in [1.807, 2.05) is 0 Å². The van der Waals surface area contributed by atoms with Crippen molar-refractivity contribution in [3.05, 3.63) is 35.9 Å². The van der Waals surface area contributed by atoms with Gasteiger partial charge in [-0.05, 0) is 12.1 Å². The lowest BCUT2D eigenvalue weighted by Gasteiger charge is -2.07. The predicted molar refractivity (Wildman–Crippen MR) is 51.2 cm³/mol. The summed E-state index contributed by atoms with van der Waals surface area (Å²) in [5.74, 6) is -0.946. The number of hydrogen-bond donors (Lipinski definition) is 0. The molecule has 1 fully saturated rings. The van der Waals surface area contributed by atoms with Crippen LogP contribution >= 0.6 is 0 Å². The molecule has 4 nitrogen and oxygen atoms in total. The fourth-order valence-corrected chi connectivity index (χ4v) is 1.36. The number of carbonyl (C=O) groups is 2. The molecule has 1 aliphatic rings. The Balaban J connectivity index is 2.01. The molecule has 0 aliphatic carbocycles. The molecule has 0 N–H and O–H groups in total. The Morgan fingerprint density at radius 2 is 2.07 bits per heavy atom. The smallest absolute Gasteiger partial charge is 0.347 e.